The van der Waals surface area contributed by atoms with Crippen molar-refractivity contribution in [1.82, 2.24) is 15.1 Å². The predicted octanol–water partition coefficient (Wildman–Crippen LogP) is 1.22. The van der Waals surface area contributed by atoms with E-state index >= 15 is 0 Å². The maximum Gasteiger partial charge on any atom is 0.0522 e. The van der Waals surface area contributed by atoms with Crippen LogP contribution >= 0.6 is 0 Å². The summed E-state index contributed by atoms with van der Waals surface area (Å²) >= 11 is 0. The molecule has 1 N–H and O–H groups in total. The highest BCUT2D eigenvalue weighted by atomic mass is 15.2. The van der Waals surface area contributed by atoms with Gasteiger partial charge in [-0.25, -0.2) is 0 Å². The molecule has 0 radical (unpaired) electrons. The molecule has 1 aromatic heterocycles. The standard InChI is InChI=1S/C11H17N3/c1-14-4-2-3-8-5-10-9(6-11(8)14)7-12-13-10/h7-8,11H,2-6H2,1H3,(H,12,13)/t8-,11-/m0/s1. The van der Waals surface area contributed by atoms with Crippen LogP contribution in [0.5, 0.6) is 0 Å². The fraction of sp³-hybridized carbons (Fsp3) is 0.727. The predicted molar refractivity (Wildman–Crippen MR) is 55.1 cm³/mol. The molecule has 1 saturated heterocycles. The number of nitrogens with zero attached hydrogens (tertiary/aromatic N) is 2. The van der Waals surface area contributed by atoms with Crippen LogP contribution in [-0.4, -0.2) is 34.7 Å². The van der Waals surface area contributed by atoms with Crippen molar-refractivity contribution in [2.75, 3.05) is 13.6 Å². The normalized spacial score (nSPS) is 32.4. The lowest BCUT2D eigenvalue weighted by atomic mass is 9.78. The van der Waals surface area contributed by atoms with Gasteiger partial charge >= 0.3 is 0 Å². The molecular weight excluding hydrogens is 174 g/mol. The van der Waals surface area contributed by atoms with Gasteiger partial charge in [0.25, 0.3) is 0 Å². The van der Waals surface area contributed by atoms with Crippen molar-refractivity contribution in [2.45, 2.75) is 31.7 Å². The van der Waals surface area contributed by atoms with Gasteiger partial charge < -0.3 is 4.90 Å². The molecule has 0 unspecified atom stereocenters. The third kappa shape index (κ3) is 1.19. The molecular formula is C11H17N3. The molecule has 0 spiro atoms. The summed E-state index contributed by atoms with van der Waals surface area (Å²) in [6.07, 6.45) is 7.18. The number of rotatable bonds is 0. The molecule has 3 nitrogen and oxygen atoms in total. The van der Waals surface area contributed by atoms with Gasteiger partial charge in [-0.15, -0.1) is 0 Å². The molecule has 2 aliphatic rings. The number of fused-ring (bicyclic) bond motifs is 2. The average molecular weight is 191 g/mol. The van der Waals surface area contributed by atoms with Crippen LogP contribution in [0.4, 0.5) is 0 Å². The Morgan fingerprint density at radius 3 is 3.36 bits per heavy atom. The highest BCUT2D eigenvalue weighted by molar-refractivity contribution is 5.22. The minimum atomic E-state index is 0.772. The lowest BCUT2D eigenvalue weighted by Crippen LogP contribution is -2.46. The first-order valence-electron chi connectivity index (χ1n) is 5.56. The number of aromatic nitrogens is 2. The molecule has 1 aliphatic heterocycles. The topological polar surface area (TPSA) is 31.9 Å². The van der Waals surface area contributed by atoms with Crippen molar-refractivity contribution >= 4 is 0 Å². The number of nitrogens with one attached hydrogen (secondary N) is 1. The molecule has 1 aromatic rings. The number of likely N-dealkylation sites (tertiary alicyclic amines) is 1. The Kier molecular flexibility index (Phi) is 1.87. The zero-order valence-electron chi connectivity index (χ0n) is 8.66. The summed E-state index contributed by atoms with van der Waals surface area (Å²) < 4.78 is 0. The third-order valence-electron chi connectivity index (χ3n) is 3.90. The second kappa shape index (κ2) is 3.09. The Balaban J connectivity index is 1.90. The monoisotopic (exact) mass is 191 g/mol. The number of piperidine rings is 1. The molecule has 3 heteroatoms. The van der Waals surface area contributed by atoms with Crippen molar-refractivity contribution in [3.63, 3.8) is 0 Å². The van der Waals surface area contributed by atoms with Crippen LogP contribution in [0, 0.1) is 5.92 Å². The van der Waals surface area contributed by atoms with Crippen LogP contribution in [0.3, 0.4) is 0 Å². The Bertz CT molecular complexity index is 331. The summed E-state index contributed by atoms with van der Waals surface area (Å²) in [6, 6.07) is 0.772. The first-order chi connectivity index (χ1) is 6.84. The molecule has 76 valence electrons. The lowest BCUT2D eigenvalue weighted by Gasteiger charge is -2.41. The van der Waals surface area contributed by atoms with Crippen molar-refractivity contribution in [1.29, 1.82) is 0 Å². The maximum absolute atomic E-state index is 4.14. The molecule has 1 fully saturated rings. The van der Waals surface area contributed by atoms with Gasteiger partial charge in [-0.05, 0) is 50.8 Å². The van der Waals surface area contributed by atoms with E-state index in [-0.39, 0.29) is 0 Å². The van der Waals surface area contributed by atoms with Gasteiger partial charge in [0.05, 0.1) is 6.20 Å². The van der Waals surface area contributed by atoms with Gasteiger partial charge in [0.2, 0.25) is 0 Å². The molecule has 2 atom stereocenters. The van der Waals surface area contributed by atoms with Gasteiger partial charge in [-0.1, -0.05) is 0 Å². The van der Waals surface area contributed by atoms with E-state index in [1.54, 1.807) is 0 Å². The number of hydrogen-bond donors (Lipinski definition) is 1. The summed E-state index contributed by atoms with van der Waals surface area (Å²) in [7, 11) is 2.27. The van der Waals surface area contributed by atoms with Crippen molar-refractivity contribution in [3.05, 3.63) is 17.5 Å². The minimum Gasteiger partial charge on any atom is -0.303 e. The highest BCUT2D eigenvalue weighted by Gasteiger charge is 2.34. The van der Waals surface area contributed by atoms with Crippen LogP contribution < -0.4 is 0 Å². The summed E-state index contributed by atoms with van der Waals surface area (Å²) in [5.74, 6) is 0.863. The summed E-state index contributed by atoms with van der Waals surface area (Å²) in [5, 5.41) is 7.28. The van der Waals surface area contributed by atoms with Crippen LogP contribution in [0.15, 0.2) is 6.20 Å². The third-order valence-corrected chi connectivity index (χ3v) is 3.90. The van der Waals surface area contributed by atoms with E-state index in [9.17, 15) is 0 Å². The van der Waals surface area contributed by atoms with E-state index in [2.05, 4.69) is 22.1 Å². The largest absolute Gasteiger partial charge is 0.303 e. The summed E-state index contributed by atoms with van der Waals surface area (Å²) in [6.45, 7) is 1.27. The molecule has 2 heterocycles. The fourth-order valence-electron chi connectivity index (χ4n) is 3.06. The minimum absolute atomic E-state index is 0.772. The Morgan fingerprint density at radius 1 is 1.50 bits per heavy atom. The van der Waals surface area contributed by atoms with Crippen LogP contribution in [0.2, 0.25) is 0 Å². The first kappa shape index (κ1) is 8.48. The number of likely N-dealkylation sites (N-methyl/N-ethyl adjacent to an activating group) is 1. The van der Waals surface area contributed by atoms with E-state index in [0.717, 1.165) is 12.0 Å². The van der Waals surface area contributed by atoms with Crippen LogP contribution in [0.1, 0.15) is 24.1 Å². The highest BCUT2D eigenvalue weighted by Crippen LogP contribution is 2.33. The van der Waals surface area contributed by atoms with Gasteiger partial charge in [-0.3, -0.25) is 5.10 Å². The maximum atomic E-state index is 4.14. The van der Waals surface area contributed by atoms with E-state index in [1.165, 1.54) is 43.5 Å². The van der Waals surface area contributed by atoms with Gasteiger partial charge in [0, 0.05) is 11.7 Å². The number of H-pyrrole nitrogens is 1. The molecule has 1 aliphatic carbocycles. The second-order valence-electron chi connectivity index (χ2n) is 4.73. The SMILES string of the molecule is CN1CCC[C@H]2Cc3[nH]ncc3C[C@@H]21. The molecule has 0 bridgehead atoms. The van der Waals surface area contributed by atoms with E-state index in [1.807, 2.05) is 6.20 Å². The zero-order valence-corrected chi connectivity index (χ0v) is 8.66. The van der Waals surface area contributed by atoms with Crippen molar-refractivity contribution in [2.24, 2.45) is 5.92 Å². The number of hydrogen-bond acceptors (Lipinski definition) is 2. The quantitative estimate of drug-likeness (QED) is 0.668. The van der Waals surface area contributed by atoms with Crippen molar-refractivity contribution < 1.29 is 0 Å². The van der Waals surface area contributed by atoms with E-state index in [0.29, 0.717) is 0 Å². The van der Waals surface area contributed by atoms with Gasteiger partial charge in [0.1, 0.15) is 0 Å². The molecule has 0 aromatic carbocycles. The summed E-state index contributed by atoms with van der Waals surface area (Å²) in [4.78, 5) is 2.53. The Morgan fingerprint density at radius 2 is 2.43 bits per heavy atom. The fourth-order valence-corrected chi connectivity index (χ4v) is 3.06. The second-order valence-corrected chi connectivity index (χ2v) is 4.73. The molecule has 3 rings (SSSR count). The Labute approximate surface area is 84.5 Å². The lowest BCUT2D eigenvalue weighted by molar-refractivity contribution is 0.112. The molecule has 0 amide bonds. The smallest absolute Gasteiger partial charge is 0.0522 e. The van der Waals surface area contributed by atoms with Gasteiger partial charge in [-0.2, -0.15) is 5.10 Å². The van der Waals surface area contributed by atoms with Crippen molar-refractivity contribution in [3.8, 4) is 0 Å². The van der Waals surface area contributed by atoms with E-state index in [4.69, 9.17) is 0 Å². The van der Waals surface area contributed by atoms with Crippen LogP contribution in [0.25, 0.3) is 0 Å². The zero-order chi connectivity index (χ0) is 9.54. The van der Waals surface area contributed by atoms with Crippen LogP contribution in [-0.2, 0) is 12.8 Å². The summed E-state index contributed by atoms with van der Waals surface area (Å²) in [5.41, 5.74) is 2.83. The van der Waals surface area contributed by atoms with Gasteiger partial charge in [0.15, 0.2) is 0 Å². The molecule has 14 heavy (non-hydrogen) atoms. The first-order valence-corrected chi connectivity index (χ1v) is 5.56. The average Bonchev–Trinajstić information content (AvgIpc) is 2.62. The Hall–Kier alpha value is -0.830. The number of aromatic amines is 1. The molecule has 0 saturated carbocycles. The van der Waals surface area contributed by atoms with E-state index < -0.39 is 0 Å².